The highest BCUT2D eigenvalue weighted by molar-refractivity contribution is 6.31. The highest BCUT2D eigenvalue weighted by Crippen LogP contribution is 2.25. The lowest BCUT2D eigenvalue weighted by molar-refractivity contribution is 0.678. The van der Waals surface area contributed by atoms with Crippen molar-refractivity contribution < 1.29 is 0 Å². The number of halogens is 1. The second kappa shape index (κ2) is 6.08. The summed E-state index contributed by atoms with van der Waals surface area (Å²) in [5.74, 6) is 0.183. The molecule has 0 fully saturated rings. The van der Waals surface area contributed by atoms with E-state index in [4.69, 9.17) is 11.6 Å². The molecule has 1 aromatic carbocycles. The van der Waals surface area contributed by atoms with E-state index in [1.165, 1.54) is 18.7 Å². The predicted octanol–water partition coefficient (Wildman–Crippen LogP) is 1.78. The Kier molecular flexibility index (Phi) is 4.38. The standard InChI is InChI=1S/C15H15ClN4O2/c1-9(10-6-4-5-7-12(10)16)18-13-11(8-17)14(21)20(3)15(22)19(13)2/h4-7,9,18H,1-3H3. The molecule has 0 aliphatic carbocycles. The molecule has 0 amide bonds. The number of rotatable bonds is 3. The van der Waals surface area contributed by atoms with E-state index in [1.54, 1.807) is 6.07 Å². The van der Waals surface area contributed by atoms with Crippen LogP contribution in [0.3, 0.4) is 0 Å². The van der Waals surface area contributed by atoms with Gasteiger partial charge in [0.05, 0.1) is 6.04 Å². The quantitative estimate of drug-likeness (QED) is 0.935. The van der Waals surface area contributed by atoms with Crippen LogP contribution in [0.4, 0.5) is 5.82 Å². The molecule has 114 valence electrons. The maximum absolute atomic E-state index is 12.0. The zero-order valence-corrected chi connectivity index (χ0v) is 13.2. The summed E-state index contributed by atoms with van der Waals surface area (Å²) in [5, 5.41) is 12.8. The number of nitriles is 1. The Hall–Kier alpha value is -2.52. The first-order valence-corrected chi connectivity index (χ1v) is 6.97. The Morgan fingerprint density at radius 1 is 1.23 bits per heavy atom. The summed E-state index contributed by atoms with van der Waals surface area (Å²) in [6, 6.07) is 8.82. The smallest absolute Gasteiger partial charge is 0.332 e. The van der Waals surface area contributed by atoms with Crippen LogP contribution in [0, 0.1) is 11.3 Å². The van der Waals surface area contributed by atoms with Gasteiger partial charge in [0.25, 0.3) is 5.56 Å². The third-order valence-electron chi connectivity index (χ3n) is 3.50. The van der Waals surface area contributed by atoms with E-state index in [1.807, 2.05) is 31.2 Å². The van der Waals surface area contributed by atoms with Gasteiger partial charge in [0.2, 0.25) is 0 Å². The first-order chi connectivity index (χ1) is 10.4. The SMILES string of the molecule is CC(Nc1c(C#N)c(=O)n(C)c(=O)n1C)c1ccccc1Cl. The Morgan fingerprint density at radius 3 is 2.45 bits per heavy atom. The highest BCUT2D eigenvalue weighted by Gasteiger charge is 2.18. The molecule has 0 aliphatic heterocycles. The van der Waals surface area contributed by atoms with E-state index in [2.05, 4.69) is 5.32 Å². The molecule has 1 aromatic heterocycles. The molecule has 1 heterocycles. The van der Waals surface area contributed by atoms with Crippen LogP contribution in [0.1, 0.15) is 24.1 Å². The van der Waals surface area contributed by atoms with Crippen LogP contribution in [0.25, 0.3) is 0 Å². The number of benzene rings is 1. The van der Waals surface area contributed by atoms with Gasteiger partial charge < -0.3 is 5.32 Å². The molecular formula is C15H15ClN4O2. The minimum Gasteiger partial charge on any atom is -0.364 e. The van der Waals surface area contributed by atoms with Gasteiger partial charge in [-0.15, -0.1) is 0 Å². The van der Waals surface area contributed by atoms with E-state index < -0.39 is 11.2 Å². The van der Waals surface area contributed by atoms with Gasteiger partial charge in [0, 0.05) is 19.1 Å². The average molecular weight is 319 g/mol. The van der Waals surface area contributed by atoms with Gasteiger partial charge >= 0.3 is 5.69 Å². The fourth-order valence-corrected chi connectivity index (χ4v) is 2.52. The molecule has 1 N–H and O–H groups in total. The molecule has 7 heteroatoms. The lowest BCUT2D eigenvalue weighted by Gasteiger charge is -2.20. The van der Waals surface area contributed by atoms with Crippen LogP contribution in [0.2, 0.25) is 5.02 Å². The number of nitrogens with zero attached hydrogens (tertiary/aromatic N) is 3. The van der Waals surface area contributed by atoms with Gasteiger partial charge in [-0.1, -0.05) is 29.8 Å². The van der Waals surface area contributed by atoms with Crippen molar-refractivity contribution in [2.45, 2.75) is 13.0 Å². The lowest BCUT2D eigenvalue weighted by atomic mass is 10.1. The second-order valence-electron chi connectivity index (χ2n) is 4.93. The molecule has 0 spiro atoms. The van der Waals surface area contributed by atoms with E-state index in [0.29, 0.717) is 5.02 Å². The Balaban J connectivity index is 2.56. The average Bonchev–Trinajstić information content (AvgIpc) is 2.51. The van der Waals surface area contributed by atoms with E-state index in [-0.39, 0.29) is 17.4 Å². The zero-order valence-electron chi connectivity index (χ0n) is 12.4. The van der Waals surface area contributed by atoms with Crippen LogP contribution in [-0.4, -0.2) is 9.13 Å². The Bertz CT molecular complexity index is 877. The molecule has 1 atom stereocenters. The van der Waals surface area contributed by atoms with Crippen LogP contribution in [0.15, 0.2) is 33.9 Å². The molecule has 1 unspecified atom stereocenters. The highest BCUT2D eigenvalue weighted by atomic mass is 35.5. The van der Waals surface area contributed by atoms with Crippen molar-refractivity contribution in [3.8, 4) is 6.07 Å². The second-order valence-corrected chi connectivity index (χ2v) is 5.34. The number of anilines is 1. The van der Waals surface area contributed by atoms with Crippen LogP contribution < -0.4 is 16.6 Å². The summed E-state index contributed by atoms with van der Waals surface area (Å²) in [6.07, 6.45) is 0. The third-order valence-corrected chi connectivity index (χ3v) is 3.85. The maximum Gasteiger partial charge on any atom is 0.332 e. The fourth-order valence-electron chi connectivity index (χ4n) is 2.22. The molecule has 0 bridgehead atoms. The van der Waals surface area contributed by atoms with E-state index in [9.17, 15) is 14.9 Å². The topological polar surface area (TPSA) is 79.8 Å². The summed E-state index contributed by atoms with van der Waals surface area (Å²) in [5.41, 5.74) is -0.429. The Labute approximate surface area is 132 Å². The van der Waals surface area contributed by atoms with Crippen molar-refractivity contribution in [1.82, 2.24) is 9.13 Å². The van der Waals surface area contributed by atoms with E-state index in [0.717, 1.165) is 10.1 Å². The normalized spacial score (nSPS) is 11.8. The maximum atomic E-state index is 12.0. The van der Waals surface area contributed by atoms with Crippen molar-refractivity contribution in [1.29, 1.82) is 5.26 Å². The summed E-state index contributed by atoms with van der Waals surface area (Å²) < 4.78 is 2.15. The van der Waals surface area contributed by atoms with Crippen LogP contribution in [0.5, 0.6) is 0 Å². The summed E-state index contributed by atoms with van der Waals surface area (Å²) in [7, 11) is 2.84. The molecule has 0 saturated heterocycles. The Morgan fingerprint density at radius 2 is 1.86 bits per heavy atom. The number of hydrogen-bond acceptors (Lipinski definition) is 4. The third kappa shape index (κ3) is 2.63. The molecule has 2 aromatic rings. The largest absolute Gasteiger partial charge is 0.364 e. The van der Waals surface area contributed by atoms with Gasteiger partial charge in [-0.2, -0.15) is 5.26 Å². The summed E-state index contributed by atoms with van der Waals surface area (Å²) in [4.78, 5) is 24.1. The van der Waals surface area contributed by atoms with Crippen LogP contribution in [-0.2, 0) is 14.1 Å². The van der Waals surface area contributed by atoms with Gasteiger partial charge in [0.15, 0.2) is 5.56 Å². The molecule has 22 heavy (non-hydrogen) atoms. The fraction of sp³-hybridized carbons (Fsp3) is 0.267. The molecule has 0 aliphatic rings. The van der Waals surface area contributed by atoms with Gasteiger partial charge in [-0.3, -0.25) is 13.9 Å². The first kappa shape index (κ1) is 15.9. The van der Waals surface area contributed by atoms with Crippen molar-refractivity contribution >= 4 is 17.4 Å². The first-order valence-electron chi connectivity index (χ1n) is 6.59. The molecular weight excluding hydrogens is 304 g/mol. The minimum absolute atomic E-state index is 0.108. The molecule has 0 saturated carbocycles. The molecule has 2 rings (SSSR count). The number of nitrogens with one attached hydrogen (secondary N) is 1. The number of hydrogen-bond donors (Lipinski definition) is 1. The lowest BCUT2D eigenvalue weighted by Crippen LogP contribution is -2.40. The summed E-state index contributed by atoms with van der Waals surface area (Å²) >= 11 is 6.15. The van der Waals surface area contributed by atoms with Crippen molar-refractivity contribution in [3.05, 3.63) is 61.3 Å². The number of aromatic nitrogens is 2. The minimum atomic E-state index is -0.626. The molecule has 6 nitrogen and oxygen atoms in total. The van der Waals surface area contributed by atoms with Gasteiger partial charge in [-0.05, 0) is 18.6 Å². The summed E-state index contributed by atoms with van der Waals surface area (Å²) in [6.45, 7) is 1.84. The van der Waals surface area contributed by atoms with Crippen LogP contribution >= 0.6 is 11.6 Å². The van der Waals surface area contributed by atoms with Crippen molar-refractivity contribution in [2.24, 2.45) is 14.1 Å². The zero-order chi connectivity index (χ0) is 16.4. The van der Waals surface area contributed by atoms with Crippen molar-refractivity contribution in [3.63, 3.8) is 0 Å². The van der Waals surface area contributed by atoms with Gasteiger partial charge in [-0.25, -0.2) is 4.79 Å². The molecule has 0 radical (unpaired) electrons. The van der Waals surface area contributed by atoms with Gasteiger partial charge in [0.1, 0.15) is 11.9 Å². The van der Waals surface area contributed by atoms with E-state index >= 15 is 0 Å². The van der Waals surface area contributed by atoms with Crippen molar-refractivity contribution in [2.75, 3.05) is 5.32 Å². The monoisotopic (exact) mass is 318 g/mol. The predicted molar refractivity (Wildman–Crippen MR) is 85.1 cm³/mol.